The van der Waals surface area contributed by atoms with E-state index in [2.05, 4.69) is 5.32 Å². The molecule has 0 bridgehead atoms. The Hall–Kier alpha value is -1.79. The number of anilines is 1. The quantitative estimate of drug-likeness (QED) is 0.504. The monoisotopic (exact) mass is 281 g/mol. The van der Waals surface area contributed by atoms with Crippen LogP contribution in [0.3, 0.4) is 0 Å². The van der Waals surface area contributed by atoms with Crippen LogP contribution in [0.5, 0.6) is 5.75 Å². The molecule has 0 fully saturated rings. The third-order valence-electron chi connectivity index (χ3n) is 2.66. The van der Waals surface area contributed by atoms with Crippen LogP contribution in [-0.2, 0) is 9.53 Å². The van der Waals surface area contributed by atoms with Crippen LogP contribution < -0.4 is 15.8 Å². The van der Waals surface area contributed by atoms with Gasteiger partial charge in [0, 0.05) is 25.9 Å². The summed E-state index contributed by atoms with van der Waals surface area (Å²) >= 11 is 0. The van der Waals surface area contributed by atoms with Crippen molar-refractivity contribution in [1.29, 1.82) is 0 Å². The van der Waals surface area contributed by atoms with Crippen molar-refractivity contribution in [1.82, 2.24) is 10.2 Å². The number of likely N-dealkylation sites (N-methyl/N-ethyl adjacent to an activating group) is 1. The molecule has 112 valence electrons. The number of amides is 1. The fourth-order valence-corrected chi connectivity index (χ4v) is 1.56. The maximum absolute atomic E-state index is 11.5. The molecule has 0 aliphatic heterocycles. The highest BCUT2D eigenvalue weighted by atomic mass is 16.5. The van der Waals surface area contributed by atoms with Crippen LogP contribution in [0.15, 0.2) is 24.3 Å². The molecule has 3 N–H and O–H groups in total. The number of carbonyl (C=O) groups excluding carboxylic acids is 1. The van der Waals surface area contributed by atoms with Gasteiger partial charge in [-0.25, -0.2) is 0 Å². The van der Waals surface area contributed by atoms with Crippen molar-refractivity contribution < 1.29 is 14.3 Å². The van der Waals surface area contributed by atoms with Crippen LogP contribution in [0, 0.1) is 0 Å². The van der Waals surface area contributed by atoms with Crippen LogP contribution in [0.4, 0.5) is 5.69 Å². The van der Waals surface area contributed by atoms with E-state index < -0.39 is 0 Å². The molecular weight excluding hydrogens is 258 g/mol. The lowest BCUT2D eigenvalue weighted by atomic mass is 10.3. The van der Waals surface area contributed by atoms with Gasteiger partial charge in [0.15, 0.2) is 0 Å². The molecule has 0 heterocycles. The lowest BCUT2D eigenvalue weighted by Gasteiger charge is -2.16. The molecule has 0 unspecified atom stereocenters. The van der Waals surface area contributed by atoms with E-state index >= 15 is 0 Å². The smallest absolute Gasteiger partial charge is 0.234 e. The number of hydrogen-bond donors (Lipinski definition) is 2. The van der Waals surface area contributed by atoms with Crippen molar-refractivity contribution in [3.8, 4) is 5.75 Å². The summed E-state index contributed by atoms with van der Waals surface area (Å²) in [6, 6.07) is 7.24. The van der Waals surface area contributed by atoms with Gasteiger partial charge in [-0.15, -0.1) is 0 Å². The van der Waals surface area contributed by atoms with Gasteiger partial charge in [-0.2, -0.15) is 0 Å². The number of nitrogens with two attached hydrogens (primary N) is 1. The van der Waals surface area contributed by atoms with Crippen LogP contribution in [-0.4, -0.2) is 57.8 Å². The third-order valence-corrected chi connectivity index (χ3v) is 2.66. The van der Waals surface area contributed by atoms with Gasteiger partial charge < -0.3 is 20.5 Å². The molecule has 0 saturated heterocycles. The molecule has 6 heteroatoms. The summed E-state index contributed by atoms with van der Waals surface area (Å²) in [4.78, 5) is 13.4. The van der Waals surface area contributed by atoms with Gasteiger partial charge in [-0.1, -0.05) is 0 Å². The highest BCUT2D eigenvalue weighted by Crippen LogP contribution is 2.12. The fraction of sp³-hybridized carbons (Fsp3) is 0.500. The Morgan fingerprint density at radius 3 is 2.65 bits per heavy atom. The van der Waals surface area contributed by atoms with Crippen molar-refractivity contribution in [2.24, 2.45) is 0 Å². The first-order valence-corrected chi connectivity index (χ1v) is 6.54. The van der Waals surface area contributed by atoms with Gasteiger partial charge in [-0.05, 0) is 31.3 Å². The van der Waals surface area contributed by atoms with Crippen molar-refractivity contribution in [2.45, 2.75) is 0 Å². The molecule has 6 nitrogen and oxygen atoms in total. The number of hydrogen-bond acceptors (Lipinski definition) is 5. The number of nitrogen functional groups attached to an aromatic ring is 1. The van der Waals surface area contributed by atoms with Gasteiger partial charge >= 0.3 is 0 Å². The molecule has 0 aliphatic carbocycles. The Bertz CT molecular complexity index is 395. The van der Waals surface area contributed by atoms with E-state index in [1.165, 1.54) is 0 Å². The minimum Gasteiger partial charge on any atom is -0.492 e. The lowest BCUT2D eigenvalue weighted by molar-refractivity contribution is -0.122. The molecular formula is C14H23N3O3. The van der Waals surface area contributed by atoms with Crippen molar-refractivity contribution in [3.05, 3.63) is 24.3 Å². The zero-order chi connectivity index (χ0) is 14.8. The number of carbonyl (C=O) groups is 1. The van der Waals surface area contributed by atoms with E-state index in [4.69, 9.17) is 15.2 Å². The molecule has 0 aliphatic rings. The molecule has 1 rings (SSSR count). The second-order valence-corrected chi connectivity index (χ2v) is 4.50. The number of benzene rings is 1. The average molecular weight is 281 g/mol. The summed E-state index contributed by atoms with van der Waals surface area (Å²) in [5.74, 6) is 0.759. The second-order valence-electron chi connectivity index (χ2n) is 4.50. The lowest BCUT2D eigenvalue weighted by Crippen LogP contribution is -2.38. The van der Waals surface area contributed by atoms with E-state index in [1.54, 1.807) is 19.2 Å². The summed E-state index contributed by atoms with van der Waals surface area (Å²) in [6.07, 6.45) is 0. The van der Waals surface area contributed by atoms with E-state index in [-0.39, 0.29) is 5.91 Å². The van der Waals surface area contributed by atoms with Gasteiger partial charge in [0.1, 0.15) is 12.4 Å². The Balaban J connectivity index is 2.14. The molecule has 0 atom stereocenters. The minimum absolute atomic E-state index is 0.0166. The van der Waals surface area contributed by atoms with Crippen LogP contribution in [0.2, 0.25) is 0 Å². The SMILES string of the molecule is COCCNC(=O)CN(C)CCOc1ccc(N)cc1. The number of nitrogens with one attached hydrogen (secondary N) is 1. The molecule has 1 amide bonds. The topological polar surface area (TPSA) is 76.8 Å². The molecule has 20 heavy (non-hydrogen) atoms. The van der Waals surface area contributed by atoms with Crippen LogP contribution in [0.1, 0.15) is 0 Å². The Kier molecular flexibility index (Phi) is 7.46. The van der Waals surface area contributed by atoms with Crippen molar-refractivity contribution in [2.75, 3.05) is 52.7 Å². The maximum atomic E-state index is 11.5. The number of rotatable bonds is 9. The van der Waals surface area contributed by atoms with Gasteiger partial charge in [0.05, 0.1) is 13.2 Å². The predicted octanol–water partition coefficient (Wildman–Crippen LogP) is 0.342. The first-order valence-electron chi connectivity index (χ1n) is 6.54. The largest absolute Gasteiger partial charge is 0.492 e. The Labute approximate surface area is 119 Å². The van der Waals surface area contributed by atoms with Crippen molar-refractivity contribution in [3.63, 3.8) is 0 Å². The van der Waals surface area contributed by atoms with E-state index in [1.807, 2.05) is 24.1 Å². The molecule has 1 aromatic rings. The number of nitrogens with zero attached hydrogens (tertiary/aromatic N) is 1. The van der Waals surface area contributed by atoms with Gasteiger partial charge in [-0.3, -0.25) is 9.69 Å². The van der Waals surface area contributed by atoms with Crippen molar-refractivity contribution >= 4 is 11.6 Å². The third kappa shape index (κ3) is 6.96. The van der Waals surface area contributed by atoms with E-state index in [0.717, 1.165) is 5.75 Å². The summed E-state index contributed by atoms with van der Waals surface area (Å²) in [7, 11) is 3.48. The second kappa shape index (κ2) is 9.17. The molecule has 0 spiro atoms. The first kappa shape index (κ1) is 16.3. The molecule has 0 aromatic heterocycles. The van der Waals surface area contributed by atoms with E-state index in [0.29, 0.717) is 38.5 Å². The van der Waals surface area contributed by atoms with E-state index in [9.17, 15) is 4.79 Å². The first-order chi connectivity index (χ1) is 9.61. The molecule has 1 aromatic carbocycles. The summed E-state index contributed by atoms with van der Waals surface area (Å²) in [6.45, 7) is 2.59. The standard InChI is InChI=1S/C14H23N3O3/c1-17(11-14(18)16-7-9-19-2)8-10-20-13-5-3-12(15)4-6-13/h3-6H,7-11,15H2,1-2H3,(H,16,18). The van der Waals surface area contributed by atoms with Crippen LogP contribution >= 0.6 is 0 Å². The minimum atomic E-state index is -0.0166. The van der Waals surface area contributed by atoms with Crippen LogP contribution in [0.25, 0.3) is 0 Å². The van der Waals surface area contributed by atoms with Gasteiger partial charge in [0.2, 0.25) is 5.91 Å². The average Bonchev–Trinajstić information content (AvgIpc) is 2.41. The zero-order valence-electron chi connectivity index (χ0n) is 12.1. The predicted molar refractivity (Wildman–Crippen MR) is 78.7 cm³/mol. The normalized spacial score (nSPS) is 10.6. The number of ether oxygens (including phenoxy) is 2. The zero-order valence-corrected chi connectivity index (χ0v) is 12.1. The highest BCUT2D eigenvalue weighted by Gasteiger charge is 2.05. The Morgan fingerprint density at radius 1 is 1.30 bits per heavy atom. The fourth-order valence-electron chi connectivity index (χ4n) is 1.56. The Morgan fingerprint density at radius 2 is 2.00 bits per heavy atom. The highest BCUT2D eigenvalue weighted by molar-refractivity contribution is 5.77. The molecule has 0 saturated carbocycles. The summed E-state index contributed by atoms with van der Waals surface area (Å²) in [5.41, 5.74) is 6.30. The maximum Gasteiger partial charge on any atom is 0.234 e. The summed E-state index contributed by atoms with van der Waals surface area (Å²) < 4.78 is 10.4. The number of methoxy groups -OCH3 is 1. The molecule has 0 radical (unpaired) electrons. The summed E-state index contributed by atoms with van der Waals surface area (Å²) in [5, 5.41) is 2.77. The van der Waals surface area contributed by atoms with Gasteiger partial charge in [0.25, 0.3) is 0 Å².